The largest absolute Gasteiger partial charge is 0.355 e. The van der Waals surface area contributed by atoms with Gasteiger partial charge in [0.05, 0.1) is 5.75 Å². The fourth-order valence-electron chi connectivity index (χ4n) is 3.30. The van der Waals surface area contributed by atoms with Gasteiger partial charge in [-0.2, -0.15) is 11.8 Å². The molecule has 1 aliphatic heterocycles. The average Bonchev–Trinajstić information content (AvgIpc) is 2.65. The summed E-state index contributed by atoms with van der Waals surface area (Å²) in [5, 5.41) is 3.00. The topological polar surface area (TPSA) is 66.5 Å². The van der Waals surface area contributed by atoms with E-state index in [2.05, 4.69) is 26.1 Å². The van der Waals surface area contributed by atoms with E-state index in [9.17, 15) is 13.2 Å². The summed E-state index contributed by atoms with van der Waals surface area (Å²) in [4.78, 5) is 12.3. The number of benzene rings is 1. The van der Waals surface area contributed by atoms with Crippen LogP contribution in [0.5, 0.6) is 0 Å². The number of hydrogen-bond acceptors (Lipinski definition) is 4. The second kappa shape index (κ2) is 10.6. The highest BCUT2D eigenvalue weighted by Crippen LogP contribution is 2.23. The van der Waals surface area contributed by atoms with E-state index >= 15 is 0 Å². The summed E-state index contributed by atoms with van der Waals surface area (Å²) in [5.74, 6) is 1.05. The Hall–Kier alpha value is -1.05. The molecule has 0 aliphatic carbocycles. The fourth-order valence-corrected chi connectivity index (χ4v) is 5.66. The Balaban J connectivity index is 1.69. The SMILES string of the molecule is CC(C)(C)SCCNC(=O)C1CCN(S(=O)(=O)CCCc2ccccc2)CC1. The summed E-state index contributed by atoms with van der Waals surface area (Å²) < 4.78 is 26.9. The van der Waals surface area contributed by atoms with E-state index < -0.39 is 10.0 Å². The molecule has 0 bridgehead atoms. The highest BCUT2D eigenvalue weighted by Gasteiger charge is 2.30. The van der Waals surface area contributed by atoms with Crippen LogP contribution in [0.3, 0.4) is 0 Å². The second-order valence-electron chi connectivity index (χ2n) is 8.33. The highest BCUT2D eigenvalue weighted by molar-refractivity contribution is 8.00. The van der Waals surface area contributed by atoms with E-state index in [1.54, 1.807) is 4.31 Å². The number of carbonyl (C=O) groups excluding carboxylic acids is 1. The van der Waals surface area contributed by atoms with Gasteiger partial charge >= 0.3 is 0 Å². The van der Waals surface area contributed by atoms with Crippen LogP contribution < -0.4 is 5.32 Å². The Labute approximate surface area is 174 Å². The monoisotopic (exact) mass is 426 g/mol. The van der Waals surface area contributed by atoms with Crippen molar-refractivity contribution < 1.29 is 13.2 Å². The molecule has 1 N–H and O–H groups in total. The van der Waals surface area contributed by atoms with Crippen LogP contribution in [0.25, 0.3) is 0 Å². The molecule has 1 aromatic rings. The number of piperidine rings is 1. The molecule has 1 aliphatic rings. The van der Waals surface area contributed by atoms with Crippen molar-refractivity contribution >= 4 is 27.7 Å². The van der Waals surface area contributed by atoms with Crippen LogP contribution >= 0.6 is 11.8 Å². The van der Waals surface area contributed by atoms with E-state index in [1.165, 1.54) is 0 Å². The molecule has 7 heteroatoms. The molecule has 5 nitrogen and oxygen atoms in total. The minimum Gasteiger partial charge on any atom is -0.355 e. The Bertz CT molecular complexity index is 707. The highest BCUT2D eigenvalue weighted by atomic mass is 32.2. The number of thioether (sulfide) groups is 1. The first-order valence-corrected chi connectivity index (χ1v) is 12.7. The van der Waals surface area contributed by atoms with Crippen LogP contribution in [0.1, 0.15) is 45.6 Å². The van der Waals surface area contributed by atoms with E-state index in [0.717, 1.165) is 17.7 Å². The maximum atomic E-state index is 12.6. The number of hydrogen-bond donors (Lipinski definition) is 1. The molecule has 0 aromatic heterocycles. The molecule has 28 heavy (non-hydrogen) atoms. The first-order chi connectivity index (χ1) is 13.2. The number of aryl methyl sites for hydroxylation is 1. The van der Waals surface area contributed by atoms with E-state index in [4.69, 9.17) is 0 Å². The second-order valence-corrected chi connectivity index (χ2v) is 12.3. The predicted octanol–water partition coefficient (Wildman–Crippen LogP) is 3.31. The van der Waals surface area contributed by atoms with Gasteiger partial charge in [-0.1, -0.05) is 51.1 Å². The third-order valence-electron chi connectivity index (χ3n) is 4.87. The number of rotatable bonds is 9. The third-order valence-corrected chi connectivity index (χ3v) is 8.10. The van der Waals surface area contributed by atoms with E-state index in [-0.39, 0.29) is 22.3 Å². The van der Waals surface area contributed by atoms with Crippen molar-refractivity contribution in [3.8, 4) is 0 Å². The van der Waals surface area contributed by atoms with Gasteiger partial charge in [-0.15, -0.1) is 0 Å². The standard InChI is InChI=1S/C21H34N2O3S2/c1-21(2,3)27-16-13-22-20(24)19-11-14-23(15-12-19)28(25,26)17-7-10-18-8-5-4-6-9-18/h4-6,8-9,19H,7,10-17H2,1-3H3,(H,22,24). The van der Waals surface area contributed by atoms with Crippen LogP contribution in [-0.4, -0.2) is 54.5 Å². The van der Waals surface area contributed by atoms with Crippen molar-refractivity contribution in [2.24, 2.45) is 5.92 Å². The minimum absolute atomic E-state index is 0.0654. The zero-order chi connectivity index (χ0) is 20.6. The van der Waals surface area contributed by atoms with Crippen LogP contribution in [0.2, 0.25) is 0 Å². The van der Waals surface area contributed by atoms with E-state index in [1.807, 2.05) is 42.1 Å². The van der Waals surface area contributed by atoms with Gasteiger partial charge in [0.15, 0.2) is 0 Å². The molecule has 0 radical (unpaired) electrons. The summed E-state index contributed by atoms with van der Waals surface area (Å²) in [5.41, 5.74) is 1.16. The van der Waals surface area contributed by atoms with Gasteiger partial charge in [-0.3, -0.25) is 4.79 Å². The number of sulfonamides is 1. The van der Waals surface area contributed by atoms with Gasteiger partial charge in [-0.05, 0) is 31.2 Å². The van der Waals surface area contributed by atoms with Crippen LogP contribution in [-0.2, 0) is 21.2 Å². The Morgan fingerprint density at radius 1 is 1.18 bits per heavy atom. The van der Waals surface area contributed by atoms with Crippen molar-refractivity contribution in [1.29, 1.82) is 0 Å². The lowest BCUT2D eigenvalue weighted by Gasteiger charge is -2.30. The van der Waals surface area contributed by atoms with Crippen LogP contribution in [0.15, 0.2) is 30.3 Å². The number of nitrogens with one attached hydrogen (secondary N) is 1. The maximum Gasteiger partial charge on any atom is 0.223 e. The zero-order valence-electron chi connectivity index (χ0n) is 17.3. The zero-order valence-corrected chi connectivity index (χ0v) is 18.9. The lowest BCUT2D eigenvalue weighted by Crippen LogP contribution is -2.44. The first kappa shape index (κ1) is 23.2. The Morgan fingerprint density at radius 3 is 2.43 bits per heavy atom. The Morgan fingerprint density at radius 2 is 1.82 bits per heavy atom. The predicted molar refractivity (Wildman–Crippen MR) is 118 cm³/mol. The van der Waals surface area contributed by atoms with Crippen molar-refractivity contribution in [2.75, 3.05) is 31.1 Å². The molecule has 1 aromatic carbocycles. The molecule has 0 spiro atoms. The fraction of sp³-hybridized carbons (Fsp3) is 0.667. The van der Waals surface area contributed by atoms with Gasteiger partial charge in [0.25, 0.3) is 0 Å². The lowest BCUT2D eigenvalue weighted by atomic mass is 9.97. The van der Waals surface area contributed by atoms with Crippen molar-refractivity contribution in [2.45, 2.75) is 51.2 Å². The molecule has 0 saturated carbocycles. The molecule has 1 saturated heterocycles. The van der Waals surface area contributed by atoms with Gasteiger partial charge in [-0.25, -0.2) is 12.7 Å². The smallest absolute Gasteiger partial charge is 0.223 e. The van der Waals surface area contributed by atoms with Gasteiger partial charge < -0.3 is 5.32 Å². The third kappa shape index (κ3) is 8.13. The summed E-state index contributed by atoms with van der Waals surface area (Å²) in [7, 11) is -3.24. The number of nitrogens with zero attached hydrogens (tertiary/aromatic N) is 1. The average molecular weight is 427 g/mol. The molecule has 2 rings (SSSR count). The molecule has 1 fully saturated rings. The molecule has 0 atom stereocenters. The molecule has 158 valence electrons. The summed E-state index contributed by atoms with van der Waals surface area (Å²) in [6, 6.07) is 9.96. The first-order valence-electron chi connectivity index (χ1n) is 10.1. The summed E-state index contributed by atoms with van der Waals surface area (Å²) in [6.45, 7) is 8.05. The van der Waals surface area contributed by atoms with Crippen molar-refractivity contribution in [1.82, 2.24) is 9.62 Å². The van der Waals surface area contributed by atoms with Crippen LogP contribution in [0, 0.1) is 5.92 Å². The molecule has 1 heterocycles. The van der Waals surface area contributed by atoms with Crippen molar-refractivity contribution in [3.63, 3.8) is 0 Å². The number of amides is 1. The maximum absolute atomic E-state index is 12.6. The summed E-state index contributed by atoms with van der Waals surface area (Å²) >= 11 is 1.83. The van der Waals surface area contributed by atoms with Gasteiger partial charge in [0, 0.05) is 36.1 Å². The minimum atomic E-state index is -3.24. The van der Waals surface area contributed by atoms with Crippen molar-refractivity contribution in [3.05, 3.63) is 35.9 Å². The van der Waals surface area contributed by atoms with E-state index in [0.29, 0.717) is 38.9 Å². The quantitative estimate of drug-likeness (QED) is 0.615. The van der Waals surface area contributed by atoms with Gasteiger partial charge in [0.2, 0.25) is 15.9 Å². The van der Waals surface area contributed by atoms with Crippen LogP contribution in [0.4, 0.5) is 0 Å². The molecule has 1 amide bonds. The molecular weight excluding hydrogens is 392 g/mol. The molecular formula is C21H34N2O3S2. The summed E-state index contributed by atoms with van der Waals surface area (Å²) in [6.07, 6.45) is 2.61. The normalized spacial score (nSPS) is 16.8. The number of carbonyl (C=O) groups is 1. The molecule has 0 unspecified atom stereocenters. The Kier molecular flexibility index (Phi) is 8.83. The van der Waals surface area contributed by atoms with Gasteiger partial charge in [0.1, 0.15) is 0 Å². The lowest BCUT2D eigenvalue weighted by molar-refractivity contribution is -0.125.